The van der Waals surface area contributed by atoms with Crippen molar-refractivity contribution in [2.75, 3.05) is 43.1 Å². The van der Waals surface area contributed by atoms with Gasteiger partial charge in [-0.05, 0) is 18.6 Å². The molecule has 1 amide bonds. The molecule has 0 aromatic carbocycles. The van der Waals surface area contributed by atoms with E-state index in [0.717, 1.165) is 30.0 Å². The first-order valence-electron chi connectivity index (χ1n) is 11.6. The molecule has 1 aliphatic heterocycles. The van der Waals surface area contributed by atoms with Crippen LogP contribution in [0.5, 0.6) is 0 Å². The van der Waals surface area contributed by atoms with Gasteiger partial charge in [-0.15, -0.1) is 0 Å². The summed E-state index contributed by atoms with van der Waals surface area (Å²) in [5.41, 5.74) is 1.46. The fraction of sp³-hybridized carbons (Fsp3) is 0.478. The molecule has 4 heterocycles. The van der Waals surface area contributed by atoms with Gasteiger partial charge < -0.3 is 29.9 Å². The van der Waals surface area contributed by atoms with E-state index in [9.17, 15) is 4.79 Å². The zero-order valence-corrected chi connectivity index (χ0v) is 19.8. The number of hydrogen-bond acceptors (Lipinski definition) is 7. The molecule has 34 heavy (non-hydrogen) atoms. The summed E-state index contributed by atoms with van der Waals surface area (Å²) < 4.78 is 7.27. The maximum absolute atomic E-state index is 10.6. The van der Waals surface area contributed by atoms with Gasteiger partial charge in [-0.1, -0.05) is 37.3 Å². The minimum absolute atomic E-state index is 0.351. The van der Waals surface area contributed by atoms with E-state index in [2.05, 4.69) is 30.5 Å². The van der Waals surface area contributed by atoms with Gasteiger partial charge in [0.05, 0.1) is 35.5 Å². The van der Waals surface area contributed by atoms with Crippen LogP contribution in [0, 0.1) is 0 Å². The second-order valence-corrected chi connectivity index (χ2v) is 8.64. The van der Waals surface area contributed by atoms with Gasteiger partial charge in [-0.2, -0.15) is 4.98 Å². The van der Waals surface area contributed by atoms with E-state index in [4.69, 9.17) is 21.4 Å². The number of fused-ring (bicyclic) bond motifs is 1. The summed E-state index contributed by atoms with van der Waals surface area (Å²) in [6, 6.07) is 3.90. The molecule has 2 fully saturated rings. The Kier molecular flexibility index (Phi) is 8.37. The van der Waals surface area contributed by atoms with Crippen molar-refractivity contribution in [1.29, 1.82) is 0 Å². The van der Waals surface area contributed by atoms with Gasteiger partial charge in [0, 0.05) is 38.6 Å². The molecule has 0 bridgehead atoms. The predicted molar refractivity (Wildman–Crippen MR) is 132 cm³/mol. The van der Waals surface area contributed by atoms with Crippen LogP contribution in [0.15, 0.2) is 30.7 Å². The Balaban J connectivity index is 0.000000620. The summed E-state index contributed by atoms with van der Waals surface area (Å²) in [5, 5.41) is 15.5. The van der Waals surface area contributed by atoms with Crippen molar-refractivity contribution < 1.29 is 14.6 Å². The number of ether oxygens (including phenoxy) is 1. The van der Waals surface area contributed by atoms with Crippen molar-refractivity contribution in [1.82, 2.24) is 24.8 Å². The molecule has 10 nitrogen and oxygen atoms in total. The second-order valence-electron chi connectivity index (χ2n) is 8.23. The zero-order valence-electron chi connectivity index (χ0n) is 19.0. The number of nitrogens with one attached hydrogen (secondary N) is 2. The monoisotopic (exact) mass is 487 g/mol. The van der Waals surface area contributed by atoms with Crippen molar-refractivity contribution in [2.24, 2.45) is 0 Å². The quantitative estimate of drug-likeness (QED) is 0.423. The van der Waals surface area contributed by atoms with Crippen molar-refractivity contribution in [2.45, 2.75) is 38.6 Å². The fourth-order valence-corrected chi connectivity index (χ4v) is 3.77. The molecule has 0 spiro atoms. The second kappa shape index (κ2) is 11.8. The Labute approximate surface area is 203 Å². The number of aromatic nitrogens is 4. The van der Waals surface area contributed by atoms with Crippen LogP contribution in [0.4, 0.5) is 22.2 Å². The van der Waals surface area contributed by atoms with Crippen LogP contribution in [-0.4, -0.2) is 63.6 Å². The molecule has 1 saturated carbocycles. The molecule has 0 unspecified atom stereocenters. The van der Waals surface area contributed by atoms with Gasteiger partial charge >= 0.3 is 6.09 Å². The highest BCUT2D eigenvalue weighted by atomic mass is 35.5. The molecule has 11 heteroatoms. The first kappa shape index (κ1) is 24.0. The highest BCUT2D eigenvalue weighted by Crippen LogP contribution is 2.26. The van der Waals surface area contributed by atoms with E-state index >= 15 is 0 Å². The molecule has 0 radical (unpaired) electrons. The van der Waals surface area contributed by atoms with Gasteiger partial charge in [0.2, 0.25) is 5.95 Å². The van der Waals surface area contributed by atoms with Gasteiger partial charge in [-0.25, -0.2) is 14.8 Å². The third-order valence-electron chi connectivity index (χ3n) is 5.76. The summed E-state index contributed by atoms with van der Waals surface area (Å²) in [6.07, 6.45) is 10.8. The lowest BCUT2D eigenvalue weighted by Gasteiger charge is -2.27. The number of hydrogen-bond donors (Lipinski definition) is 3. The highest BCUT2D eigenvalue weighted by molar-refractivity contribution is 6.35. The van der Waals surface area contributed by atoms with E-state index in [1.165, 1.54) is 25.7 Å². The molecule has 3 aromatic rings. The summed E-state index contributed by atoms with van der Waals surface area (Å²) >= 11 is 6.29. The smallest absolute Gasteiger partial charge is 0.404 e. The lowest BCUT2D eigenvalue weighted by molar-refractivity contribution is 0.122. The number of pyridine rings is 1. The van der Waals surface area contributed by atoms with Crippen molar-refractivity contribution >= 4 is 46.2 Å². The average molecular weight is 488 g/mol. The molecule has 5 rings (SSSR count). The fourth-order valence-electron chi connectivity index (χ4n) is 3.52. The van der Waals surface area contributed by atoms with Crippen LogP contribution in [0.25, 0.3) is 11.0 Å². The number of nitrogens with zero attached hydrogens (tertiary/aromatic N) is 5. The first-order valence-corrected chi connectivity index (χ1v) is 12.0. The lowest BCUT2D eigenvalue weighted by Crippen LogP contribution is -2.36. The predicted octanol–water partition coefficient (Wildman–Crippen LogP) is 4.28. The Bertz CT molecular complexity index is 1080. The minimum Gasteiger partial charge on any atom is -0.465 e. The van der Waals surface area contributed by atoms with Crippen molar-refractivity contribution in [3.8, 4) is 0 Å². The molecule has 0 atom stereocenters. The normalized spacial score (nSPS) is 15.3. The Morgan fingerprint density at radius 3 is 2.53 bits per heavy atom. The molecule has 1 saturated heterocycles. The first-order chi connectivity index (χ1) is 16.6. The number of rotatable bonds is 7. The topological polar surface area (TPSA) is 117 Å². The van der Waals surface area contributed by atoms with Crippen LogP contribution >= 0.6 is 11.6 Å². The van der Waals surface area contributed by atoms with E-state index in [1.54, 1.807) is 18.6 Å². The van der Waals surface area contributed by atoms with E-state index in [-0.39, 0.29) is 0 Å². The summed E-state index contributed by atoms with van der Waals surface area (Å²) in [4.78, 5) is 26.2. The number of halogens is 1. The number of aryl methyl sites for hydroxylation is 1. The Morgan fingerprint density at radius 1 is 1.12 bits per heavy atom. The third kappa shape index (κ3) is 6.48. The zero-order chi connectivity index (χ0) is 23.8. The number of morpholine rings is 1. The number of amides is 1. The van der Waals surface area contributed by atoms with Crippen LogP contribution in [-0.2, 0) is 11.3 Å². The van der Waals surface area contributed by atoms with E-state index in [1.807, 2.05) is 16.7 Å². The molecular weight excluding hydrogens is 458 g/mol. The Morgan fingerprint density at radius 2 is 1.88 bits per heavy atom. The summed E-state index contributed by atoms with van der Waals surface area (Å²) in [7, 11) is 0. The third-order valence-corrected chi connectivity index (χ3v) is 6.06. The van der Waals surface area contributed by atoms with Gasteiger partial charge in [0.1, 0.15) is 11.5 Å². The van der Waals surface area contributed by atoms with E-state index in [0.29, 0.717) is 49.3 Å². The molecule has 2 aliphatic rings. The lowest BCUT2D eigenvalue weighted by atomic mass is 10.0. The van der Waals surface area contributed by atoms with Gasteiger partial charge in [-0.3, -0.25) is 0 Å². The maximum atomic E-state index is 10.6. The molecule has 1 aliphatic carbocycles. The van der Waals surface area contributed by atoms with Crippen LogP contribution in [0.3, 0.4) is 0 Å². The van der Waals surface area contributed by atoms with E-state index < -0.39 is 6.09 Å². The minimum atomic E-state index is -1.03. The molecular formula is C23H30ClN7O3. The number of carbonyl (C=O) groups is 1. The number of anilines is 3. The van der Waals surface area contributed by atoms with Crippen molar-refractivity contribution in [3.63, 3.8) is 0 Å². The number of carboxylic acid groups (broad SMARTS) is 1. The standard InChI is InChI=1S/C19H22ClN7O3.C4H8/c20-15-12-27(5-1-4-21-19(28)29)17-14(15)11-23-18(25-17)24-13-2-3-16(22-10-13)26-6-8-30-9-7-26;1-2-4-3-1/h2-3,10-12,21H,1,4-9H2,(H,28,29)(H,23,24,25);1-4H2. The molecule has 3 aromatic heterocycles. The highest BCUT2D eigenvalue weighted by Gasteiger charge is 2.13. The van der Waals surface area contributed by atoms with Gasteiger partial charge in [0.25, 0.3) is 0 Å². The van der Waals surface area contributed by atoms with Gasteiger partial charge in [0.15, 0.2) is 0 Å². The van der Waals surface area contributed by atoms with Crippen LogP contribution in [0.1, 0.15) is 32.1 Å². The average Bonchev–Trinajstić information content (AvgIpc) is 3.11. The summed E-state index contributed by atoms with van der Waals surface area (Å²) in [5.74, 6) is 1.35. The van der Waals surface area contributed by atoms with Crippen LogP contribution < -0.4 is 15.5 Å². The molecule has 182 valence electrons. The van der Waals surface area contributed by atoms with Crippen molar-refractivity contribution in [3.05, 3.63) is 35.7 Å². The Hall–Kier alpha value is -3.11. The maximum Gasteiger partial charge on any atom is 0.404 e. The SMILES string of the molecule is C1CCC1.O=C(O)NCCCn1cc(Cl)c2cnc(Nc3ccc(N4CCOCC4)nc3)nc21. The molecule has 3 N–H and O–H groups in total. The summed E-state index contributed by atoms with van der Waals surface area (Å²) in [6.45, 7) is 4.02. The largest absolute Gasteiger partial charge is 0.465 e. The van der Waals surface area contributed by atoms with Crippen LogP contribution in [0.2, 0.25) is 5.02 Å².